The van der Waals surface area contributed by atoms with Crippen LogP contribution in [0.2, 0.25) is 0 Å². The number of nitrogens with one attached hydrogen (secondary N) is 1. The molecule has 0 bridgehead atoms. The van der Waals surface area contributed by atoms with Crippen molar-refractivity contribution in [2.45, 2.75) is 12.6 Å². The zero-order valence-corrected chi connectivity index (χ0v) is 20.6. The van der Waals surface area contributed by atoms with Crippen molar-refractivity contribution < 1.29 is 51.6 Å². The predicted molar refractivity (Wildman–Crippen MR) is 122 cm³/mol. The van der Waals surface area contributed by atoms with E-state index in [1.54, 1.807) is 29.0 Å². The van der Waals surface area contributed by atoms with Gasteiger partial charge in [0.2, 0.25) is 11.7 Å². The van der Waals surface area contributed by atoms with E-state index < -0.39 is 12.1 Å². The lowest BCUT2D eigenvalue weighted by Crippen LogP contribution is -2.50. The largest absolute Gasteiger partial charge is 0.493 e. The third-order valence-corrected chi connectivity index (χ3v) is 5.01. The fourth-order valence-electron chi connectivity index (χ4n) is 3.22. The summed E-state index contributed by atoms with van der Waals surface area (Å²) in [7, 11) is 6.11. The minimum atomic E-state index is -5.08. The molecule has 0 aliphatic carbocycles. The minimum Gasteiger partial charge on any atom is -0.493 e. The number of hydrogen-bond acceptors (Lipinski definition) is 8. The highest BCUT2D eigenvalue weighted by Crippen LogP contribution is 2.38. The molecule has 1 aliphatic rings. The number of alkyl halides is 3. The molecule has 1 heterocycles. The Kier molecular flexibility index (Phi) is 12.8. The number of nitrogens with zero attached hydrogens (tertiary/aromatic N) is 2. The third-order valence-electron chi connectivity index (χ3n) is 5.01. The van der Waals surface area contributed by atoms with Crippen molar-refractivity contribution in [1.29, 1.82) is 0 Å². The lowest BCUT2D eigenvalue weighted by atomic mass is 10.1. The molecular weight excluding hydrogens is 491 g/mol. The second-order valence-corrected chi connectivity index (χ2v) is 7.42. The van der Waals surface area contributed by atoms with Gasteiger partial charge in [0, 0.05) is 52.0 Å². The average Bonchev–Trinajstić information content (AvgIpc) is 2.87. The summed E-state index contributed by atoms with van der Waals surface area (Å²) in [6, 6.07) is 3.20. The van der Waals surface area contributed by atoms with E-state index in [-0.39, 0.29) is 18.4 Å². The van der Waals surface area contributed by atoms with Crippen molar-refractivity contribution in [2.75, 3.05) is 74.3 Å². The van der Waals surface area contributed by atoms with E-state index in [0.717, 1.165) is 13.1 Å². The van der Waals surface area contributed by atoms with Gasteiger partial charge in [-0.2, -0.15) is 13.2 Å². The first kappa shape index (κ1) is 30.8. The van der Waals surface area contributed by atoms with Gasteiger partial charge in [-0.05, 0) is 18.6 Å². The number of ether oxygens (including phenoxy) is 4. The number of rotatable bonds is 10. The van der Waals surface area contributed by atoms with E-state index in [2.05, 4.69) is 5.32 Å². The number of carboxylic acids is 1. The van der Waals surface area contributed by atoms with Crippen LogP contribution in [-0.2, 0) is 14.3 Å². The number of halogens is 3. The number of amides is 2. The number of carbonyl (C=O) groups excluding carboxylic acids is 2. The van der Waals surface area contributed by atoms with Crippen molar-refractivity contribution in [3.63, 3.8) is 0 Å². The second kappa shape index (κ2) is 15.0. The van der Waals surface area contributed by atoms with Crippen LogP contribution < -0.4 is 19.5 Å². The number of carboxylic acid groups (broad SMARTS) is 1. The zero-order chi connectivity index (χ0) is 27.3. The maximum Gasteiger partial charge on any atom is 0.490 e. The van der Waals surface area contributed by atoms with Gasteiger partial charge in [-0.1, -0.05) is 0 Å². The molecule has 1 aromatic rings. The van der Waals surface area contributed by atoms with Crippen molar-refractivity contribution in [2.24, 2.45) is 0 Å². The van der Waals surface area contributed by atoms with E-state index >= 15 is 0 Å². The highest BCUT2D eigenvalue weighted by Gasteiger charge is 2.38. The average molecular weight is 524 g/mol. The SMILES string of the molecule is COCCCN(CC(=O)N1CCNCC1)C(=O)c1cc(OC)c(OC)c(OC)c1.O=C(O)C(F)(F)F. The number of hydrogen-bond donors (Lipinski definition) is 2. The first-order chi connectivity index (χ1) is 17.0. The van der Waals surface area contributed by atoms with Crippen molar-refractivity contribution >= 4 is 17.8 Å². The fraction of sp³-hybridized carbons (Fsp3) is 0.591. The first-order valence-corrected chi connectivity index (χ1v) is 10.9. The molecule has 0 saturated carbocycles. The number of carbonyl (C=O) groups is 3. The van der Waals surface area contributed by atoms with Crippen LogP contribution in [0, 0.1) is 0 Å². The van der Waals surface area contributed by atoms with Crippen LogP contribution in [0.15, 0.2) is 12.1 Å². The lowest BCUT2D eigenvalue weighted by Gasteiger charge is -2.30. The summed E-state index contributed by atoms with van der Waals surface area (Å²) < 4.78 is 52.9. The zero-order valence-electron chi connectivity index (χ0n) is 20.6. The Bertz CT molecular complexity index is 852. The van der Waals surface area contributed by atoms with Crippen LogP contribution in [0.4, 0.5) is 13.2 Å². The molecule has 2 N–H and O–H groups in total. The molecule has 2 rings (SSSR count). The second-order valence-electron chi connectivity index (χ2n) is 7.42. The Morgan fingerprint density at radius 1 is 1.03 bits per heavy atom. The number of piperazine rings is 1. The van der Waals surface area contributed by atoms with Crippen LogP contribution in [-0.4, -0.2) is 113 Å². The Hall–Kier alpha value is -3.26. The van der Waals surface area contributed by atoms with Gasteiger partial charge in [-0.25, -0.2) is 4.79 Å². The van der Waals surface area contributed by atoms with Crippen molar-refractivity contribution in [3.8, 4) is 17.2 Å². The normalized spacial score (nSPS) is 13.2. The molecule has 204 valence electrons. The lowest BCUT2D eigenvalue weighted by molar-refractivity contribution is -0.192. The van der Waals surface area contributed by atoms with Gasteiger partial charge < -0.3 is 39.2 Å². The Labute approximate surface area is 207 Å². The summed E-state index contributed by atoms with van der Waals surface area (Å²) >= 11 is 0. The molecule has 0 radical (unpaired) electrons. The molecule has 1 saturated heterocycles. The molecule has 14 heteroatoms. The third kappa shape index (κ3) is 9.41. The molecule has 2 amide bonds. The molecule has 0 atom stereocenters. The van der Waals surface area contributed by atoms with E-state index in [0.29, 0.717) is 55.5 Å². The Morgan fingerprint density at radius 3 is 1.97 bits per heavy atom. The predicted octanol–water partition coefficient (Wildman–Crippen LogP) is 1.26. The van der Waals surface area contributed by atoms with Gasteiger partial charge in [-0.15, -0.1) is 0 Å². The van der Waals surface area contributed by atoms with Crippen LogP contribution in [0.5, 0.6) is 17.2 Å². The molecule has 1 aromatic carbocycles. The van der Waals surface area contributed by atoms with Crippen LogP contribution in [0.1, 0.15) is 16.8 Å². The van der Waals surface area contributed by atoms with E-state index in [1.807, 2.05) is 0 Å². The quantitative estimate of drug-likeness (QED) is 0.436. The molecule has 0 aromatic heterocycles. The summed E-state index contributed by atoms with van der Waals surface area (Å²) in [5.41, 5.74) is 0.366. The van der Waals surface area contributed by atoms with Gasteiger partial charge in [0.05, 0.1) is 21.3 Å². The molecule has 11 nitrogen and oxygen atoms in total. The summed E-state index contributed by atoms with van der Waals surface area (Å²) in [5, 5.41) is 10.3. The van der Waals surface area contributed by atoms with E-state index in [9.17, 15) is 22.8 Å². The maximum atomic E-state index is 13.2. The van der Waals surface area contributed by atoms with Gasteiger partial charge in [0.25, 0.3) is 5.91 Å². The van der Waals surface area contributed by atoms with Crippen LogP contribution >= 0.6 is 0 Å². The Balaban J connectivity index is 0.000000809. The van der Waals surface area contributed by atoms with Crippen molar-refractivity contribution in [1.82, 2.24) is 15.1 Å². The van der Waals surface area contributed by atoms with Gasteiger partial charge >= 0.3 is 12.1 Å². The Morgan fingerprint density at radius 2 is 1.56 bits per heavy atom. The summed E-state index contributed by atoms with van der Waals surface area (Å²) in [4.78, 5) is 38.2. The number of aliphatic carboxylic acids is 1. The molecule has 36 heavy (non-hydrogen) atoms. The standard InChI is InChI=1S/C20H31N3O6.C2HF3O2/c1-26-11-5-8-23(14-18(24)22-9-6-21-7-10-22)20(25)15-12-16(27-2)19(29-4)17(13-15)28-3;3-2(4,5)1(6)7/h12-13,21H,5-11,14H2,1-4H3;(H,6,7). The molecule has 0 unspecified atom stereocenters. The maximum absolute atomic E-state index is 13.2. The van der Waals surface area contributed by atoms with Gasteiger partial charge in [-0.3, -0.25) is 9.59 Å². The fourth-order valence-corrected chi connectivity index (χ4v) is 3.22. The molecule has 1 aliphatic heterocycles. The van der Waals surface area contributed by atoms with Gasteiger partial charge in [0.15, 0.2) is 11.5 Å². The highest BCUT2D eigenvalue weighted by molar-refractivity contribution is 5.97. The molecule has 1 fully saturated rings. The molecular formula is C22H32F3N3O8. The van der Waals surface area contributed by atoms with Crippen LogP contribution in [0.25, 0.3) is 0 Å². The number of benzene rings is 1. The summed E-state index contributed by atoms with van der Waals surface area (Å²) in [6.45, 7) is 3.72. The van der Waals surface area contributed by atoms with E-state index in [4.69, 9.17) is 28.8 Å². The minimum absolute atomic E-state index is 0.0131. The summed E-state index contributed by atoms with van der Waals surface area (Å²) in [5.74, 6) is -1.91. The van der Waals surface area contributed by atoms with E-state index in [1.165, 1.54) is 21.3 Å². The molecule has 0 spiro atoms. The van der Waals surface area contributed by atoms with Crippen LogP contribution in [0.3, 0.4) is 0 Å². The number of methoxy groups -OCH3 is 4. The topological polar surface area (TPSA) is 127 Å². The van der Waals surface area contributed by atoms with Gasteiger partial charge in [0.1, 0.15) is 6.54 Å². The monoisotopic (exact) mass is 523 g/mol. The first-order valence-electron chi connectivity index (χ1n) is 10.9. The summed E-state index contributed by atoms with van der Waals surface area (Å²) in [6.07, 6.45) is -4.46. The highest BCUT2D eigenvalue weighted by atomic mass is 19.4. The smallest absolute Gasteiger partial charge is 0.490 e. The van der Waals surface area contributed by atoms with Crippen molar-refractivity contribution in [3.05, 3.63) is 17.7 Å².